The van der Waals surface area contributed by atoms with Gasteiger partial charge in [0.05, 0.1) is 11.1 Å². The molecular weight excluding hydrogens is 424 g/mol. The Morgan fingerprint density at radius 3 is 1.88 bits per heavy atom. The molecule has 3 aromatic rings. The molecule has 4 heteroatoms. The van der Waals surface area contributed by atoms with Crippen molar-refractivity contribution in [3.05, 3.63) is 107 Å². The van der Waals surface area contributed by atoms with Crippen LogP contribution in [0.2, 0.25) is 0 Å². The molecule has 0 saturated carbocycles. The zero-order valence-electron chi connectivity index (χ0n) is 20.2. The first-order chi connectivity index (χ1) is 16.6. The van der Waals surface area contributed by atoms with E-state index in [0.717, 1.165) is 48.8 Å². The van der Waals surface area contributed by atoms with E-state index >= 15 is 0 Å². The van der Waals surface area contributed by atoms with Gasteiger partial charge in [-0.25, -0.2) is 9.59 Å². The SMILES string of the molecule is CCCCC(CC)Cc1cccc(C(=O)OCc2ccccc2)c1C(=O)OCc1ccccc1. The highest BCUT2D eigenvalue weighted by molar-refractivity contribution is 6.04. The van der Waals surface area contributed by atoms with Gasteiger partial charge in [0, 0.05) is 0 Å². The topological polar surface area (TPSA) is 52.6 Å². The van der Waals surface area contributed by atoms with Crippen molar-refractivity contribution in [1.29, 1.82) is 0 Å². The van der Waals surface area contributed by atoms with Gasteiger partial charge in [0.2, 0.25) is 0 Å². The molecule has 0 aliphatic heterocycles. The molecule has 0 fully saturated rings. The smallest absolute Gasteiger partial charge is 0.339 e. The zero-order chi connectivity index (χ0) is 24.2. The van der Waals surface area contributed by atoms with Gasteiger partial charge >= 0.3 is 11.9 Å². The van der Waals surface area contributed by atoms with Crippen molar-refractivity contribution in [1.82, 2.24) is 0 Å². The van der Waals surface area contributed by atoms with Crippen LogP contribution in [0.25, 0.3) is 0 Å². The number of carbonyl (C=O) groups is 2. The Labute approximate surface area is 202 Å². The van der Waals surface area contributed by atoms with Crippen LogP contribution in [0.4, 0.5) is 0 Å². The molecule has 0 amide bonds. The van der Waals surface area contributed by atoms with Crippen LogP contribution in [-0.2, 0) is 29.1 Å². The Hall–Kier alpha value is -3.40. The van der Waals surface area contributed by atoms with Gasteiger partial charge < -0.3 is 9.47 Å². The number of esters is 2. The number of benzene rings is 3. The normalized spacial score (nSPS) is 11.6. The fraction of sp³-hybridized carbons (Fsp3) is 0.333. The quantitative estimate of drug-likeness (QED) is 0.270. The third-order valence-electron chi connectivity index (χ3n) is 6.05. The molecule has 1 atom stereocenters. The van der Waals surface area contributed by atoms with Crippen LogP contribution in [-0.4, -0.2) is 11.9 Å². The molecule has 0 aromatic heterocycles. The lowest BCUT2D eigenvalue weighted by atomic mass is 9.88. The van der Waals surface area contributed by atoms with Crippen molar-refractivity contribution < 1.29 is 19.1 Å². The summed E-state index contributed by atoms with van der Waals surface area (Å²) < 4.78 is 11.2. The monoisotopic (exact) mass is 458 g/mol. The highest BCUT2D eigenvalue weighted by atomic mass is 16.5. The minimum Gasteiger partial charge on any atom is -0.457 e. The van der Waals surface area contributed by atoms with Crippen LogP contribution in [0.1, 0.15) is 76.9 Å². The summed E-state index contributed by atoms with van der Waals surface area (Å²) in [7, 11) is 0. The molecule has 1 unspecified atom stereocenters. The Kier molecular flexibility index (Phi) is 9.90. The van der Waals surface area contributed by atoms with E-state index in [4.69, 9.17) is 9.47 Å². The molecule has 0 spiro atoms. The average molecular weight is 459 g/mol. The minimum atomic E-state index is -0.515. The zero-order valence-corrected chi connectivity index (χ0v) is 20.2. The molecular formula is C30H34O4. The maximum Gasteiger partial charge on any atom is 0.339 e. The van der Waals surface area contributed by atoms with E-state index < -0.39 is 11.9 Å². The summed E-state index contributed by atoms with van der Waals surface area (Å²) in [4.78, 5) is 26.4. The van der Waals surface area contributed by atoms with Crippen LogP contribution < -0.4 is 0 Å². The molecule has 0 bridgehead atoms. The van der Waals surface area contributed by atoms with Gasteiger partial charge in [0.25, 0.3) is 0 Å². The van der Waals surface area contributed by atoms with E-state index in [-0.39, 0.29) is 18.8 Å². The number of hydrogen-bond acceptors (Lipinski definition) is 4. The first kappa shape index (κ1) is 25.2. The van der Waals surface area contributed by atoms with Gasteiger partial charge in [-0.3, -0.25) is 0 Å². The Bertz CT molecular complexity index is 1040. The Morgan fingerprint density at radius 2 is 1.32 bits per heavy atom. The van der Waals surface area contributed by atoms with E-state index in [9.17, 15) is 9.59 Å². The Morgan fingerprint density at radius 1 is 0.735 bits per heavy atom. The fourth-order valence-electron chi connectivity index (χ4n) is 4.03. The maximum absolute atomic E-state index is 13.3. The van der Waals surface area contributed by atoms with Gasteiger partial charge in [-0.15, -0.1) is 0 Å². The van der Waals surface area contributed by atoms with E-state index in [2.05, 4.69) is 13.8 Å². The maximum atomic E-state index is 13.3. The van der Waals surface area contributed by atoms with Gasteiger partial charge in [-0.05, 0) is 35.1 Å². The third kappa shape index (κ3) is 7.31. The second-order valence-corrected chi connectivity index (χ2v) is 8.58. The molecule has 178 valence electrons. The minimum absolute atomic E-state index is 0.149. The van der Waals surface area contributed by atoms with Crippen molar-refractivity contribution in [3.8, 4) is 0 Å². The summed E-state index contributed by atoms with van der Waals surface area (Å²) in [6.45, 7) is 4.66. The van der Waals surface area contributed by atoms with Crippen molar-refractivity contribution in [2.24, 2.45) is 5.92 Å². The number of hydrogen-bond donors (Lipinski definition) is 0. The van der Waals surface area contributed by atoms with Crippen LogP contribution >= 0.6 is 0 Å². The Balaban J connectivity index is 1.85. The van der Waals surface area contributed by atoms with Crippen molar-refractivity contribution in [3.63, 3.8) is 0 Å². The van der Waals surface area contributed by atoms with Crippen LogP contribution in [0.3, 0.4) is 0 Å². The van der Waals surface area contributed by atoms with Crippen LogP contribution in [0, 0.1) is 5.92 Å². The summed E-state index contributed by atoms with van der Waals surface area (Å²) in [5.41, 5.74) is 3.22. The van der Waals surface area contributed by atoms with E-state index in [1.807, 2.05) is 72.8 Å². The van der Waals surface area contributed by atoms with Gasteiger partial charge in [0.15, 0.2) is 0 Å². The third-order valence-corrected chi connectivity index (χ3v) is 6.05. The predicted molar refractivity (Wildman–Crippen MR) is 135 cm³/mol. The molecule has 4 nitrogen and oxygen atoms in total. The lowest BCUT2D eigenvalue weighted by Gasteiger charge is -2.19. The highest BCUT2D eigenvalue weighted by Crippen LogP contribution is 2.25. The van der Waals surface area contributed by atoms with Crippen molar-refractivity contribution >= 4 is 11.9 Å². The molecule has 0 aliphatic carbocycles. The lowest BCUT2D eigenvalue weighted by Crippen LogP contribution is -2.18. The summed E-state index contributed by atoms with van der Waals surface area (Å²) in [6.07, 6.45) is 5.11. The molecule has 0 aliphatic rings. The molecule has 0 radical (unpaired) electrons. The van der Waals surface area contributed by atoms with Crippen LogP contribution in [0.5, 0.6) is 0 Å². The molecule has 0 heterocycles. The summed E-state index contributed by atoms with van der Waals surface area (Å²) in [6, 6.07) is 24.5. The molecule has 3 rings (SSSR count). The average Bonchev–Trinajstić information content (AvgIpc) is 2.89. The molecule has 0 saturated heterocycles. The lowest BCUT2D eigenvalue weighted by molar-refractivity contribution is 0.0424. The van der Waals surface area contributed by atoms with Gasteiger partial charge in [-0.1, -0.05) is 112 Å². The van der Waals surface area contributed by atoms with Crippen molar-refractivity contribution in [2.45, 2.75) is 59.2 Å². The first-order valence-corrected chi connectivity index (χ1v) is 12.2. The summed E-state index contributed by atoms with van der Waals surface area (Å²) in [5, 5.41) is 0. The van der Waals surface area contributed by atoms with E-state index in [0.29, 0.717) is 11.5 Å². The second kappa shape index (κ2) is 13.3. The number of unbranched alkanes of at least 4 members (excludes halogenated alkanes) is 1. The molecule has 34 heavy (non-hydrogen) atoms. The highest BCUT2D eigenvalue weighted by Gasteiger charge is 2.24. The van der Waals surface area contributed by atoms with Crippen LogP contribution in [0.15, 0.2) is 78.9 Å². The summed E-state index contributed by atoms with van der Waals surface area (Å²) in [5.74, 6) is -0.563. The standard InChI is InChI=1S/C30H34O4/c1-3-5-13-23(4-2)20-26-18-12-19-27(29(31)33-21-24-14-8-6-9-15-24)28(26)30(32)34-22-25-16-10-7-11-17-25/h6-12,14-19,23H,3-5,13,20-22H2,1-2H3. The van der Waals surface area contributed by atoms with Crippen molar-refractivity contribution in [2.75, 3.05) is 0 Å². The number of ether oxygens (including phenoxy) is 2. The largest absolute Gasteiger partial charge is 0.457 e. The summed E-state index contributed by atoms with van der Waals surface area (Å²) >= 11 is 0. The number of rotatable bonds is 12. The van der Waals surface area contributed by atoms with Gasteiger partial charge in [0.1, 0.15) is 13.2 Å². The van der Waals surface area contributed by atoms with E-state index in [1.165, 1.54) is 0 Å². The fourth-order valence-corrected chi connectivity index (χ4v) is 4.03. The second-order valence-electron chi connectivity index (χ2n) is 8.58. The van der Waals surface area contributed by atoms with Gasteiger partial charge in [-0.2, -0.15) is 0 Å². The van der Waals surface area contributed by atoms with E-state index in [1.54, 1.807) is 6.07 Å². The number of carbonyl (C=O) groups excluding carboxylic acids is 2. The first-order valence-electron chi connectivity index (χ1n) is 12.2. The molecule has 3 aromatic carbocycles. The molecule has 0 N–H and O–H groups in total. The predicted octanol–water partition coefficient (Wildman–Crippen LogP) is 7.16.